The number of carbonyl (C=O) groups excluding carboxylic acids is 2. The number of likely N-dealkylation sites (tertiary alicyclic amines) is 1. The van der Waals surface area contributed by atoms with Crippen LogP contribution in [0.2, 0.25) is 0 Å². The normalized spacial score (nSPS) is 15.2. The van der Waals surface area contributed by atoms with E-state index in [1.807, 2.05) is 23.1 Å². The maximum Gasteiger partial charge on any atom is 0.255 e. The monoisotopic (exact) mass is 417 g/mol. The fourth-order valence-electron chi connectivity index (χ4n) is 3.61. The Bertz CT molecular complexity index is 725. The smallest absolute Gasteiger partial charge is 0.255 e. The molecular weight excluding hydrogens is 382 g/mol. The number of guanidine groups is 1. The fourth-order valence-corrected chi connectivity index (χ4v) is 3.61. The number of benzene rings is 1. The zero-order chi connectivity index (χ0) is 21.9. The number of carbonyl (C=O) groups is 2. The number of nitrogens with two attached hydrogens (primary N) is 1. The van der Waals surface area contributed by atoms with Gasteiger partial charge in [-0.1, -0.05) is 26.0 Å². The van der Waals surface area contributed by atoms with Crippen molar-refractivity contribution in [2.24, 2.45) is 16.6 Å². The minimum atomic E-state index is -0.504. The number of nitrogens with one attached hydrogen (secondary N) is 2. The van der Waals surface area contributed by atoms with E-state index in [2.05, 4.69) is 29.5 Å². The summed E-state index contributed by atoms with van der Waals surface area (Å²) in [6, 6.07) is 7.78. The van der Waals surface area contributed by atoms with E-state index in [1.54, 1.807) is 13.1 Å². The van der Waals surface area contributed by atoms with Crippen LogP contribution in [0.15, 0.2) is 29.3 Å². The van der Waals surface area contributed by atoms with Gasteiger partial charge in [0.15, 0.2) is 12.6 Å². The van der Waals surface area contributed by atoms with E-state index in [-0.39, 0.29) is 18.6 Å². The Hall–Kier alpha value is -2.77. The lowest BCUT2D eigenvalue weighted by atomic mass is 9.98. The second kappa shape index (κ2) is 12.0. The molecule has 1 aromatic rings. The van der Waals surface area contributed by atoms with E-state index in [4.69, 9.17) is 10.5 Å². The molecule has 0 atom stereocenters. The van der Waals surface area contributed by atoms with Crippen molar-refractivity contribution in [1.29, 1.82) is 0 Å². The van der Waals surface area contributed by atoms with Gasteiger partial charge in [0.25, 0.3) is 5.91 Å². The zero-order valence-corrected chi connectivity index (χ0v) is 18.3. The highest BCUT2D eigenvalue weighted by Crippen LogP contribution is 2.17. The first-order valence-corrected chi connectivity index (χ1v) is 10.7. The third-order valence-corrected chi connectivity index (χ3v) is 5.45. The molecule has 8 heteroatoms. The van der Waals surface area contributed by atoms with Crippen LogP contribution >= 0.6 is 0 Å². The van der Waals surface area contributed by atoms with Gasteiger partial charge in [0, 0.05) is 38.6 Å². The quantitative estimate of drug-likeness (QED) is 0.418. The number of nitrogens with zero attached hydrogens (tertiary/aromatic N) is 2. The van der Waals surface area contributed by atoms with Gasteiger partial charge in [-0.25, -0.2) is 0 Å². The predicted molar refractivity (Wildman–Crippen MR) is 118 cm³/mol. The number of hydrogen-bond donors (Lipinski definition) is 3. The lowest BCUT2D eigenvalue weighted by Gasteiger charge is -2.34. The number of ether oxygens (including phenoxy) is 1. The number of aliphatic imine (C=N–C) groups is 1. The van der Waals surface area contributed by atoms with Gasteiger partial charge in [-0.2, -0.15) is 0 Å². The molecule has 1 aliphatic rings. The van der Waals surface area contributed by atoms with E-state index in [0.717, 1.165) is 50.3 Å². The van der Waals surface area contributed by atoms with Crippen LogP contribution in [-0.4, -0.2) is 55.5 Å². The molecule has 0 spiro atoms. The van der Waals surface area contributed by atoms with Crippen molar-refractivity contribution in [1.82, 2.24) is 15.5 Å². The Balaban J connectivity index is 1.80. The van der Waals surface area contributed by atoms with Gasteiger partial charge in [-0.3, -0.25) is 14.6 Å². The highest BCUT2D eigenvalue weighted by Gasteiger charge is 2.26. The van der Waals surface area contributed by atoms with Gasteiger partial charge >= 0.3 is 0 Å². The van der Waals surface area contributed by atoms with Gasteiger partial charge in [0.2, 0.25) is 5.91 Å². The van der Waals surface area contributed by atoms with Crippen LogP contribution in [0.3, 0.4) is 0 Å². The average molecular weight is 418 g/mol. The van der Waals surface area contributed by atoms with Crippen LogP contribution in [0.4, 0.5) is 0 Å². The summed E-state index contributed by atoms with van der Waals surface area (Å²) in [5, 5.41) is 6.76. The number of piperidine rings is 1. The van der Waals surface area contributed by atoms with Crippen LogP contribution in [0.1, 0.15) is 45.1 Å². The van der Waals surface area contributed by atoms with Gasteiger partial charge in [0.05, 0.1) is 0 Å². The highest BCUT2D eigenvalue weighted by atomic mass is 16.5. The van der Waals surface area contributed by atoms with Crippen molar-refractivity contribution in [3.05, 3.63) is 29.8 Å². The van der Waals surface area contributed by atoms with E-state index in [9.17, 15) is 9.59 Å². The Morgan fingerprint density at radius 2 is 1.97 bits per heavy atom. The van der Waals surface area contributed by atoms with Gasteiger partial charge in [0.1, 0.15) is 5.75 Å². The predicted octanol–water partition coefficient (Wildman–Crippen LogP) is 1.64. The molecule has 2 rings (SSSR count). The molecule has 166 valence electrons. The molecule has 0 aromatic heterocycles. The largest absolute Gasteiger partial charge is 0.484 e. The summed E-state index contributed by atoms with van der Waals surface area (Å²) in [6.45, 7) is 6.15. The van der Waals surface area contributed by atoms with Crippen LogP contribution < -0.4 is 21.1 Å². The van der Waals surface area contributed by atoms with Gasteiger partial charge in [-0.15, -0.1) is 0 Å². The topological polar surface area (TPSA) is 109 Å². The maximum atomic E-state index is 12.5. The average Bonchev–Trinajstić information content (AvgIpc) is 2.76. The lowest BCUT2D eigenvalue weighted by Crippen LogP contribution is -2.50. The highest BCUT2D eigenvalue weighted by molar-refractivity contribution is 5.80. The molecule has 0 unspecified atom stereocenters. The van der Waals surface area contributed by atoms with Gasteiger partial charge < -0.3 is 26.0 Å². The molecule has 8 nitrogen and oxygen atoms in total. The Morgan fingerprint density at radius 3 is 2.57 bits per heavy atom. The standard InChI is InChI=1S/C22H35N5O3/c1-4-17(5-2)21(29)27-11-9-18(10-12-27)26-22(24-3)25-14-16-7-6-8-19(13-16)30-15-20(23)28/h6-8,13,17-18H,4-5,9-12,14-15H2,1-3H3,(H2,23,28)(H2,24,25,26). The second-order valence-electron chi connectivity index (χ2n) is 7.59. The summed E-state index contributed by atoms with van der Waals surface area (Å²) in [6.07, 6.45) is 3.61. The lowest BCUT2D eigenvalue weighted by molar-refractivity contribution is -0.136. The summed E-state index contributed by atoms with van der Waals surface area (Å²) in [5.41, 5.74) is 6.12. The molecule has 0 bridgehead atoms. The SMILES string of the molecule is CCC(CC)C(=O)N1CCC(NC(=NC)NCc2cccc(OCC(N)=O)c2)CC1. The molecule has 0 radical (unpaired) electrons. The first kappa shape index (κ1) is 23.5. The molecule has 1 saturated heterocycles. The number of hydrogen-bond acceptors (Lipinski definition) is 4. The fraction of sp³-hybridized carbons (Fsp3) is 0.591. The van der Waals surface area contributed by atoms with Crippen molar-refractivity contribution in [2.75, 3.05) is 26.7 Å². The van der Waals surface area contributed by atoms with Crippen LogP contribution in [0.25, 0.3) is 0 Å². The molecular formula is C22H35N5O3. The Morgan fingerprint density at radius 1 is 1.27 bits per heavy atom. The summed E-state index contributed by atoms with van der Waals surface area (Å²) in [7, 11) is 1.74. The van der Waals surface area contributed by atoms with E-state index >= 15 is 0 Å². The number of primary amides is 1. The zero-order valence-electron chi connectivity index (χ0n) is 18.3. The molecule has 2 amide bonds. The van der Waals surface area contributed by atoms with E-state index < -0.39 is 5.91 Å². The minimum absolute atomic E-state index is 0.140. The van der Waals surface area contributed by atoms with Crippen LogP contribution in [0, 0.1) is 5.92 Å². The van der Waals surface area contributed by atoms with Crippen molar-refractivity contribution in [2.45, 2.75) is 52.1 Å². The van der Waals surface area contributed by atoms with E-state index in [1.165, 1.54) is 0 Å². The molecule has 4 N–H and O–H groups in total. The maximum absolute atomic E-state index is 12.5. The summed E-state index contributed by atoms with van der Waals surface area (Å²) < 4.78 is 5.34. The molecule has 1 heterocycles. The van der Waals surface area contributed by atoms with Crippen molar-refractivity contribution in [3.63, 3.8) is 0 Å². The second-order valence-corrected chi connectivity index (χ2v) is 7.59. The summed E-state index contributed by atoms with van der Waals surface area (Å²) >= 11 is 0. The minimum Gasteiger partial charge on any atom is -0.484 e. The molecule has 0 aliphatic carbocycles. The number of amides is 2. The molecule has 1 aliphatic heterocycles. The summed E-state index contributed by atoms with van der Waals surface area (Å²) in [4.78, 5) is 29.7. The molecule has 1 aromatic carbocycles. The Kier molecular flexibility index (Phi) is 9.44. The first-order chi connectivity index (χ1) is 14.5. The van der Waals surface area contributed by atoms with Gasteiger partial charge in [-0.05, 0) is 43.4 Å². The number of rotatable bonds is 9. The van der Waals surface area contributed by atoms with Crippen LogP contribution in [-0.2, 0) is 16.1 Å². The third-order valence-electron chi connectivity index (χ3n) is 5.45. The Labute approximate surface area is 179 Å². The van der Waals surface area contributed by atoms with Crippen molar-refractivity contribution >= 4 is 17.8 Å². The van der Waals surface area contributed by atoms with Crippen molar-refractivity contribution in [3.8, 4) is 5.75 Å². The molecule has 0 saturated carbocycles. The molecule has 30 heavy (non-hydrogen) atoms. The molecule has 1 fully saturated rings. The summed E-state index contributed by atoms with van der Waals surface area (Å²) in [5.74, 6) is 1.26. The van der Waals surface area contributed by atoms with Crippen LogP contribution in [0.5, 0.6) is 5.75 Å². The van der Waals surface area contributed by atoms with Crippen molar-refractivity contribution < 1.29 is 14.3 Å². The van der Waals surface area contributed by atoms with E-state index in [0.29, 0.717) is 18.2 Å². The third kappa shape index (κ3) is 7.24. The first-order valence-electron chi connectivity index (χ1n) is 10.7.